The molecular weight excluding hydrogens is 294 g/mol. The van der Waals surface area contributed by atoms with Gasteiger partial charge in [-0.25, -0.2) is 0 Å². The highest BCUT2D eigenvalue weighted by molar-refractivity contribution is 6.08. The Hall–Kier alpha value is -2.79. The lowest BCUT2D eigenvalue weighted by atomic mass is 9.99. The fourth-order valence-electron chi connectivity index (χ4n) is 2.40. The molecule has 2 N–H and O–H groups in total. The summed E-state index contributed by atoms with van der Waals surface area (Å²) in [5.74, 6) is -0.873. The van der Waals surface area contributed by atoms with Crippen LogP contribution in [0.25, 0.3) is 6.08 Å². The predicted molar refractivity (Wildman–Crippen MR) is 87.3 cm³/mol. The summed E-state index contributed by atoms with van der Waals surface area (Å²) in [5, 5.41) is 13.2. The summed E-state index contributed by atoms with van der Waals surface area (Å²) in [7, 11) is 1.58. The number of para-hydroxylation sites is 1. The Morgan fingerprint density at radius 1 is 1.17 bits per heavy atom. The second-order valence-electron chi connectivity index (χ2n) is 5.36. The van der Waals surface area contributed by atoms with E-state index in [1.54, 1.807) is 43.5 Å². The standard InChI is InChI=1S/C18H17NO4/c1-18(21)15(11-12-5-3-4-6-16(12)23-18)17(20)19-13-7-9-14(22-2)10-8-13/h3-11,21H,1-2H3,(H,19,20). The summed E-state index contributed by atoms with van der Waals surface area (Å²) in [4.78, 5) is 12.5. The highest BCUT2D eigenvalue weighted by Crippen LogP contribution is 2.34. The summed E-state index contributed by atoms with van der Waals surface area (Å²) >= 11 is 0. The quantitative estimate of drug-likeness (QED) is 0.914. The Balaban J connectivity index is 1.87. The number of ether oxygens (including phenoxy) is 2. The zero-order chi connectivity index (χ0) is 16.4. The lowest BCUT2D eigenvalue weighted by molar-refractivity contribution is -0.125. The van der Waals surface area contributed by atoms with Crippen molar-refractivity contribution >= 4 is 17.7 Å². The van der Waals surface area contributed by atoms with Gasteiger partial charge in [-0.05, 0) is 36.4 Å². The number of methoxy groups -OCH3 is 1. The van der Waals surface area contributed by atoms with E-state index in [0.29, 0.717) is 17.2 Å². The zero-order valence-corrected chi connectivity index (χ0v) is 12.9. The van der Waals surface area contributed by atoms with Crippen LogP contribution >= 0.6 is 0 Å². The Morgan fingerprint density at radius 2 is 1.87 bits per heavy atom. The molecule has 0 fully saturated rings. The third-order valence-electron chi connectivity index (χ3n) is 3.62. The van der Waals surface area contributed by atoms with Gasteiger partial charge in [-0.3, -0.25) is 4.79 Å². The molecule has 1 atom stereocenters. The van der Waals surface area contributed by atoms with E-state index in [0.717, 1.165) is 5.56 Å². The van der Waals surface area contributed by atoms with E-state index in [1.807, 2.05) is 18.2 Å². The molecule has 1 heterocycles. The molecule has 0 spiro atoms. The van der Waals surface area contributed by atoms with Gasteiger partial charge in [0.15, 0.2) is 0 Å². The number of carbonyl (C=O) groups excluding carboxylic acids is 1. The maximum atomic E-state index is 12.5. The van der Waals surface area contributed by atoms with Crippen molar-refractivity contribution in [2.24, 2.45) is 0 Å². The van der Waals surface area contributed by atoms with Gasteiger partial charge in [0.2, 0.25) is 5.79 Å². The van der Waals surface area contributed by atoms with E-state index < -0.39 is 11.7 Å². The molecule has 1 amide bonds. The molecular formula is C18H17NO4. The van der Waals surface area contributed by atoms with Gasteiger partial charge in [-0.15, -0.1) is 0 Å². The van der Waals surface area contributed by atoms with Gasteiger partial charge in [0, 0.05) is 18.2 Å². The van der Waals surface area contributed by atoms with Crippen molar-refractivity contribution in [2.75, 3.05) is 12.4 Å². The number of benzene rings is 2. The molecule has 1 unspecified atom stereocenters. The normalized spacial score (nSPS) is 19.2. The van der Waals surface area contributed by atoms with Crippen LogP contribution < -0.4 is 14.8 Å². The van der Waals surface area contributed by atoms with Crippen molar-refractivity contribution in [2.45, 2.75) is 12.7 Å². The fourth-order valence-corrected chi connectivity index (χ4v) is 2.40. The molecule has 0 saturated carbocycles. The molecule has 0 saturated heterocycles. The molecule has 2 aromatic rings. The maximum absolute atomic E-state index is 12.5. The Kier molecular flexibility index (Phi) is 3.80. The van der Waals surface area contributed by atoms with Crippen LogP contribution in [0.1, 0.15) is 12.5 Å². The first-order valence-electron chi connectivity index (χ1n) is 7.17. The first kappa shape index (κ1) is 15.1. The smallest absolute Gasteiger partial charge is 0.258 e. The molecule has 5 heteroatoms. The van der Waals surface area contributed by atoms with Gasteiger partial charge in [0.25, 0.3) is 5.91 Å². The van der Waals surface area contributed by atoms with E-state index in [1.165, 1.54) is 6.92 Å². The first-order valence-corrected chi connectivity index (χ1v) is 7.17. The number of rotatable bonds is 3. The number of hydrogen-bond acceptors (Lipinski definition) is 4. The van der Waals surface area contributed by atoms with Gasteiger partial charge >= 0.3 is 0 Å². The SMILES string of the molecule is COc1ccc(NC(=O)C2=Cc3ccccc3OC2(C)O)cc1. The van der Waals surface area contributed by atoms with Crippen LogP contribution in [-0.4, -0.2) is 23.9 Å². The van der Waals surface area contributed by atoms with Crippen LogP contribution in [0.15, 0.2) is 54.1 Å². The molecule has 0 aliphatic carbocycles. The van der Waals surface area contributed by atoms with E-state index in [2.05, 4.69) is 5.32 Å². The summed E-state index contributed by atoms with van der Waals surface area (Å²) in [6.45, 7) is 1.45. The van der Waals surface area contributed by atoms with Gasteiger partial charge in [-0.1, -0.05) is 18.2 Å². The van der Waals surface area contributed by atoms with Crippen LogP contribution in [0, 0.1) is 0 Å². The van der Waals surface area contributed by atoms with Crippen LogP contribution in [0.5, 0.6) is 11.5 Å². The van der Waals surface area contributed by atoms with Crippen LogP contribution in [0.3, 0.4) is 0 Å². The minimum absolute atomic E-state index is 0.145. The van der Waals surface area contributed by atoms with Crippen molar-refractivity contribution in [1.82, 2.24) is 0 Å². The number of carbonyl (C=O) groups is 1. The summed E-state index contributed by atoms with van der Waals surface area (Å²) in [6, 6.07) is 14.2. The second-order valence-corrected chi connectivity index (χ2v) is 5.36. The summed E-state index contributed by atoms with van der Waals surface area (Å²) < 4.78 is 10.6. The average molecular weight is 311 g/mol. The lowest BCUT2D eigenvalue weighted by Crippen LogP contribution is -2.41. The Morgan fingerprint density at radius 3 is 2.57 bits per heavy atom. The number of anilines is 1. The summed E-state index contributed by atoms with van der Waals surface area (Å²) in [6.07, 6.45) is 1.64. The van der Waals surface area contributed by atoms with Crippen molar-refractivity contribution in [3.63, 3.8) is 0 Å². The van der Waals surface area contributed by atoms with Crippen LogP contribution in [0.4, 0.5) is 5.69 Å². The largest absolute Gasteiger partial charge is 0.497 e. The van der Waals surface area contributed by atoms with Gasteiger partial charge in [0.05, 0.1) is 12.7 Å². The molecule has 1 aliphatic rings. The summed E-state index contributed by atoms with van der Waals surface area (Å²) in [5.41, 5.74) is 1.50. The number of hydrogen-bond donors (Lipinski definition) is 2. The molecule has 3 rings (SSSR count). The van der Waals surface area contributed by atoms with Crippen molar-refractivity contribution in [3.05, 3.63) is 59.7 Å². The van der Waals surface area contributed by atoms with E-state index >= 15 is 0 Å². The topological polar surface area (TPSA) is 67.8 Å². The Labute approximate surface area is 134 Å². The van der Waals surface area contributed by atoms with E-state index in [4.69, 9.17) is 9.47 Å². The number of nitrogens with one attached hydrogen (secondary N) is 1. The third kappa shape index (κ3) is 3.05. The van der Waals surface area contributed by atoms with Crippen molar-refractivity contribution in [3.8, 4) is 11.5 Å². The molecule has 0 radical (unpaired) electrons. The van der Waals surface area contributed by atoms with E-state index in [9.17, 15) is 9.90 Å². The second kappa shape index (κ2) is 5.78. The minimum Gasteiger partial charge on any atom is -0.497 e. The molecule has 1 aliphatic heterocycles. The molecule has 118 valence electrons. The van der Waals surface area contributed by atoms with Gasteiger partial charge < -0.3 is 19.9 Å². The molecule has 2 aromatic carbocycles. The molecule has 0 bridgehead atoms. The molecule has 0 aromatic heterocycles. The maximum Gasteiger partial charge on any atom is 0.258 e. The molecule has 5 nitrogen and oxygen atoms in total. The highest BCUT2D eigenvalue weighted by atomic mass is 16.6. The molecule has 23 heavy (non-hydrogen) atoms. The van der Waals surface area contributed by atoms with Crippen LogP contribution in [-0.2, 0) is 4.79 Å². The zero-order valence-electron chi connectivity index (χ0n) is 12.9. The average Bonchev–Trinajstić information content (AvgIpc) is 2.54. The van der Waals surface area contributed by atoms with Crippen LogP contribution in [0.2, 0.25) is 0 Å². The predicted octanol–water partition coefficient (Wildman–Crippen LogP) is 2.82. The first-order chi connectivity index (χ1) is 11.0. The number of fused-ring (bicyclic) bond motifs is 1. The van der Waals surface area contributed by atoms with Gasteiger partial charge in [0.1, 0.15) is 11.5 Å². The lowest BCUT2D eigenvalue weighted by Gasteiger charge is -2.31. The minimum atomic E-state index is -1.69. The Bertz CT molecular complexity index is 763. The fraction of sp³-hybridized carbons (Fsp3) is 0.167. The van der Waals surface area contributed by atoms with Crippen molar-refractivity contribution < 1.29 is 19.4 Å². The third-order valence-corrected chi connectivity index (χ3v) is 3.62. The number of amides is 1. The monoisotopic (exact) mass is 311 g/mol. The van der Waals surface area contributed by atoms with E-state index in [-0.39, 0.29) is 5.57 Å². The number of aliphatic hydroxyl groups is 1. The highest BCUT2D eigenvalue weighted by Gasteiger charge is 2.37. The van der Waals surface area contributed by atoms with Gasteiger partial charge in [-0.2, -0.15) is 0 Å². The van der Waals surface area contributed by atoms with Crippen molar-refractivity contribution in [1.29, 1.82) is 0 Å².